The highest BCUT2D eigenvalue weighted by atomic mass is 16.2. The molecule has 1 aliphatic rings. The summed E-state index contributed by atoms with van der Waals surface area (Å²) in [5.41, 5.74) is -0.258. The van der Waals surface area contributed by atoms with E-state index in [2.05, 4.69) is 16.0 Å². The summed E-state index contributed by atoms with van der Waals surface area (Å²) in [5.74, 6) is 0.467. The van der Waals surface area contributed by atoms with Crippen LogP contribution in [0.4, 0.5) is 0 Å². The van der Waals surface area contributed by atoms with Gasteiger partial charge in [-0.3, -0.25) is 9.59 Å². The first kappa shape index (κ1) is 14.0. The van der Waals surface area contributed by atoms with Gasteiger partial charge in [-0.05, 0) is 46.1 Å². The van der Waals surface area contributed by atoms with Gasteiger partial charge in [0.2, 0.25) is 11.8 Å². The molecule has 98 valence electrons. The van der Waals surface area contributed by atoms with Crippen LogP contribution >= 0.6 is 0 Å². The molecule has 0 unspecified atom stereocenters. The fraction of sp³-hybridized carbons (Fsp3) is 0.833. The van der Waals surface area contributed by atoms with Crippen molar-refractivity contribution < 1.29 is 9.59 Å². The Morgan fingerprint density at radius 3 is 2.29 bits per heavy atom. The van der Waals surface area contributed by atoms with E-state index in [4.69, 9.17) is 0 Å². The number of carbonyl (C=O) groups excluding carboxylic acids is 2. The van der Waals surface area contributed by atoms with Crippen molar-refractivity contribution in [2.45, 2.75) is 39.2 Å². The van der Waals surface area contributed by atoms with Gasteiger partial charge in [-0.25, -0.2) is 0 Å². The smallest absolute Gasteiger partial charge is 0.239 e. The Morgan fingerprint density at radius 2 is 1.76 bits per heavy atom. The molecule has 0 aromatic carbocycles. The summed E-state index contributed by atoms with van der Waals surface area (Å²) in [6.07, 6.45) is 2.53. The summed E-state index contributed by atoms with van der Waals surface area (Å²) in [6.45, 7) is 6.96. The van der Waals surface area contributed by atoms with E-state index in [9.17, 15) is 9.59 Å². The van der Waals surface area contributed by atoms with Crippen molar-refractivity contribution in [3.8, 4) is 0 Å². The molecule has 1 rings (SSSR count). The summed E-state index contributed by atoms with van der Waals surface area (Å²) in [6, 6.07) is 0. The monoisotopic (exact) mass is 241 g/mol. The first-order valence-corrected chi connectivity index (χ1v) is 6.15. The van der Waals surface area contributed by atoms with E-state index in [1.807, 2.05) is 20.8 Å². The molecule has 1 saturated carbocycles. The highest BCUT2D eigenvalue weighted by molar-refractivity contribution is 5.85. The molecule has 0 saturated heterocycles. The van der Waals surface area contributed by atoms with Gasteiger partial charge < -0.3 is 16.0 Å². The molecule has 0 aromatic heterocycles. The lowest BCUT2D eigenvalue weighted by Gasteiger charge is -2.20. The Labute approximate surface area is 103 Å². The Bertz CT molecular complexity index is 280. The second-order valence-electron chi connectivity index (χ2n) is 5.65. The van der Waals surface area contributed by atoms with E-state index in [1.54, 1.807) is 0 Å². The first-order valence-electron chi connectivity index (χ1n) is 6.15. The average molecular weight is 241 g/mol. The molecular formula is C12H23N3O2. The standard InChI is InChI=1S/C12H23N3O2/c1-12(2,3)15-11(17)8-14-10(16)7-13-6-9-4-5-9/h9,13H,4-8H2,1-3H3,(H,14,16)(H,15,17). The lowest BCUT2D eigenvalue weighted by Crippen LogP contribution is -2.47. The third-order valence-corrected chi connectivity index (χ3v) is 2.38. The number of hydrogen-bond donors (Lipinski definition) is 3. The summed E-state index contributed by atoms with van der Waals surface area (Å²) in [4.78, 5) is 22.8. The van der Waals surface area contributed by atoms with Crippen LogP contribution in [0.2, 0.25) is 0 Å². The topological polar surface area (TPSA) is 70.2 Å². The molecule has 0 aromatic rings. The lowest BCUT2D eigenvalue weighted by atomic mass is 10.1. The van der Waals surface area contributed by atoms with E-state index in [0.717, 1.165) is 12.5 Å². The van der Waals surface area contributed by atoms with Crippen molar-refractivity contribution in [3.63, 3.8) is 0 Å². The van der Waals surface area contributed by atoms with Crippen molar-refractivity contribution in [2.75, 3.05) is 19.6 Å². The molecule has 0 radical (unpaired) electrons. The second kappa shape index (κ2) is 6.00. The normalized spacial score (nSPS) is 15.5. The summed E-state index contributed by atoms with van der Waals surface area (Å²) < 4.78 is 0. The van der Waals surface area contributed by atoms with Crippen molar-refractivity contribution in [2.24, 2.45) is 5.92 Å². The SMILES string of the molecule is CC(C)(C)NC(=O)CNC(=O)CNCC1CC1. The number of rotatable bonds is 6. The second-order valence-corrected chi connectivity index (χ2v) is 5.65. The zero-order chi connectivity index (χ0) is 12.9. The molecular weight excluding hydrogens is 218 g/mol. The quantitative estimate of drug-likeness (QED) is 0.614. The molecule has 3 N–H and O–H groups in total. The molecule has 17 heavy (non-hydrogen) atoms. The van der Waals surface area contributed by atoms with Gasteiger partial charge in [-0.15, -0.1) is 0 Å². The van der Waals surface area contributed by atoms with Gasteiger partial charge in [-0.2, -0.15) is 0 Å². The molecule has 0 atom stereocenters. The maximum atomic E-state index is 11.4. The van der Waals surface area contributed by atoms with Crippen LogP contribution in [0.25, 0.3) is 0 Å². The third-order valence-electron chi connectivity index (χ3n) is 2.38. The molecule has 5 heteroatoms. The summed E-state index contributed by atoms with van der Waals surface area (Å²) in [5, 5.41) is 8.45. The van der Waals surface area contributed by atoms with Crippen LogP contribution in [0.1, 0.15) is 33.6 Å². The number of carbonyl (C=O) groups is 2. The van der Waals surface area contributed by atoms with Gasteiger partial charge >= 0.3 is 0 Å². The number of nitrogens with one attached hydrogen (secondary N) is 3. The van der Waals surface area contributed by atoms with Crippen LogP contribution in [0, 0.1) is 5.92 Å². The van der Waals surface area contributed by atoms with E-state index >= 15 is 0 Å². The minimum absolute atomic E-state index is 0.0429. The Kier molecular flexibility index (Phi) is 4.93. The van der Waals surface area contributed by atoms with E-state index < -0.39 is 0 Å². The molecule has 0 aliphatic heterocycles. The van der Waals surface area contributed by atoms with Gasteiger partial charge in [-0.1, -0.05) is 0 Å². The molecule has 2 amide bonds. The predicted octanol–water partition coefficient (Wildman–Crippen LogP) is 0.0169. The average Bonchev–Trinajstić information content (AvgIpc) is 2.96. The van der Waals surface area contributed by atoms with E-state index in [-0.39, 0.29) is 23.9 Å². The zero-order valence-corrected chi connectivity index (χ0v) is 10.9. The van der Waals surface area contributed by atoms with E-state index in [0.29, 0.717) is 6.54 Å². The van der Waals surface area contributed by atoms with Crippen LogP contribution in [0.15, 0.2) is 0 Å². The van der Waals surface area contributed by atoms with Crippen molar-refractivity contribution >= 4 is 11.8 Å². The van der Waals surface area contributed by atoms with Crippen molar-refractivity contribution in [1.29, 1.82) is 0 Å². The van der Waals surface area contributed by atoms with Crippen LogP contribution in [-0.2, 0) is 9.59 Å². The highest BCUT2D eigenvalue weighted by Crippen LogP contribution is 2.27. The lowest BCUT2D eigenvalue weighted by molar-refractivity contribution is -0.126. The highest BCUT2D eigenvalue weighted by Gasteiger charge is 2.20. The van der Waals surface area contributed by atoms with E-state index in [1.165, 1.54) is 12.8 Å². The maximum Gasteiger partial charge on any atom is 0.239 e. The van der Waals surface area contributed by atoms with Gasteiger partial charge in [0.15, 0.2) is 0 Å². The minimum atomic E-state index is -0.258. The number of hydrogen-bond acceptors (Lipinski definition) is 3. The van der Waals surface area contributed by atoms with Crippen molar-refractivity contribution in [1.82, 2.24) is 16.0 Å². The molecule has 0 spiro atoms. The zero-order valence-electron chi connectivity index (χ0n) is 10.9. The largest absolute Gasteiger partial charge is 0.350 e. The Morgan fingerprint density at radius 1 is 1.12 bits per heavy atom. The Balaban J connectivity index is 2.03. The van der Waals surface area contributed by atoms with Crippen molar-refractivity contribution in [3.05, 3.63) is 0 Å². The molecule has 5 nitrogen and oxygen atoms in total. The fourth-order valence-electron chi connectivity index (χ4n) is 1.42. The summed E-state index contributed by atoms with van der Waals surface area (Å²) >= 11 is 0. The van der Waals surface area contributed by atoms with Gasteiger partial charge in [0.05, 0.1) is 13.1 Å². The summed E-state index contributed by atoms with van der Waals surface area (Å²) in [7, 11) is 0. The number of amides is 2. The van der Waals surface area contributed by atoms with Crippen LogP contribution in [-0.4, -0.2) is 37.0 Å². The maximum absolute atomic E-state index is 11.4. The van der Waals surface area contributed by atoms with Crippen LogP contribution in [0.5, 0.6) is 0 Å². The van der Waals surface area contributed by atoms with Crippen LogP contribution in [0.3, 0.4) is 0 Å². The van der Waals surface area contributed by atoms with Gasteiger partial charge in [0.1, 0.15) is 0 Å². The third kappa shape index (κ3) is 7.74. The molecule has 0 heterocycles. The molecule has 0 bridgehead atoms. The van der Waals surface area contributed by atoms with Crippen LogP contribution < -0.4 is 16.0 Å². The predicted molar refractivity (Wildman–Crippen MR) is 66.5 cm³/mol. The minimum Gasteiger partial charge on any atom is -0.350 e. The van der Waals surface area contributed by atoms with Gasteiger partial charge in [0, 0.05) is 5.54 Å². The molecule has 1 fully saturated rings. The van der Waals surface area contributed by atoms with Gasteiger partial charge in [0.25, 0.3) is 0 Å². The first-order chi connectivity index (χ1) is 7.87. The fourth-order valence-corrected chi connectivity index (χ4v) is 1.42. The Hall–Kier alpha value is -1.10. The molecule has 1 aliphatic carbocycles.